The maximum Gasteiger partial charge on any atom is 0.336 e. The van der Waals surface area contributed by atoms with Crippen LogP contribution in [0.4, 0.5) is 0 Å². The van der Waals surface area contributed by atoms with Crippen molar-refractivity contribution in [2.24, 2.45) is 0 Å². The lowest BCUT2D eigenvalue weighted by molar-refractivity contribution is 0.0696. The number of rotatable bonds is 3. The number of carbonyl (C=O) groups is 2. The summed E-state index contributed by atoms with van der Waals surface area (Å²) < 4.78 is 0. The highest BCUT2D eigenvalue weighted by molar-refractivity contribution is 6.28. The Morgan fingerprint density at radius 1 is 1.11 bits per heavy atom. The molecule has 6 nitrogen and oxygen atoms in total. The Morgan fingerprint density at radius 2 is 1.84 bits per heavy atom. The molecule has 0 aliphatic rings. The molecule has 2 N–H and O–H groups in total. The van der Waals surface area contributed by atoms with Crippen LogP contribution < -0.4 is 0 Å². The first-order chi connectivity index (χ1) is 8.99. The molecule has 0 amide bonds. The summed E-state index contributed by atoms with van der Waals surface area (Å²) in [5.41, 5.74) is 0.326. The van der Waals surface area contributed by atoms with Crippen LogP contribution in [0, 0.1) is 0 Å². The molecule has 2 aromatic rings. The number of nitrogens with zero attached hydrogens (tertiary/aromatic N) is 2. The average Bonchev–Trinajstić information content (AvgIpc) is 2.37. The average molecular weight is 279 g/mol. The Hall–Kier alpha value is -2.47. The number of carboxylic acid groups (broad SMARTS) is 2. The summed E-state index contributed by atoms with van der Waals surface area (Å²) in [6, 6.07) is 5.26. The van der Waals surface area contributed by atoms with E-state index in [0.29, 0.717) is 5.69 Å². The molecule has 0 aliphatic carbocycles. The predicted molar refractivity (Wildman–Crippen MR) is 66.4 cm³/mol. The van der Waals surface area contributed by atoms with Crippen LogP contribution >= 0.6 is 11.6 Å². The molecule has 19 heavy (non-hydrogen) atoms. The van der Waals surface area contributed by atoms with Crippen LogP contribution in [-0.2, 0) is 0 Å². The summed E-state index contributed by atoms with van der Waals surface area (Å²) in [5, 5.41) is 18.0. The third kappa shape index (κ3) is 2.69. The summed E-state index contributed by atoms with van der Waals surface area (Å²) in [6.07, 6.45) is 1.39. The zero-order valence-electron chi connectivity index (χ0n) is 9.37. The van der Waals surface area contributed by atoms with Crippen LogP contribution in [0.5, 0.6) is 0 Å². The van der Waals surface area contributed by atoms with Gasteiger partial charge in [-0.3, -0.25) is 0 Å². The molecule has 1 heterocycles. The number of aromatic nitrogens is 2. The third-order valence-corrected chi connectivity index (χ3v) is 2.58. The lowest BCUT2D eigenvalue weighted by Gasteiger charge is -2.06. The first-order valence-electron chi connectivity index (χ1n) is 5.08. The van der Waals surface area contributed by atoms with Crippen molar-refractivity contribution >= 4 is 23.5 Å². The van der Waals surface area contributed by atoms with Crippen LogP contribution in [0.1, 0.15) is 20.7 Å². The van der Waals surface area contributed by atoms with Gasteiger partial charge in [0.25, 0.3) is 0 Å². The van der Waals surface area contributed by atoms with Gasteiger partial charge >= 0.3 is 11.9 Å². The second kappa shape index (κ2) is 5.03. The molecular formula is C12H7ClN2O4. The summed E-state index contributed by atoms with van der Waals surface area (Å²) in [7, 11) is 0. The topological polar surface area (TPSA) is 100 Å². The molecule has 1 aromatic heterocycles. The Balaban J connectivity index is 2.63. The van der Waals surface area contributed by atoms with Gasteiger partial charge < -0.3 is 10.2 Å². The van der Waals surface area contributed by atoms with Crippen molar-refractivity contribution in [3.8, 4) is 11.3 Å². The maximum absolute atomic E-state index is 11.2. The summed E-state index contributed by atoms with van der Waals surface area (Å²) in [6.45, 7) is 0. The fourth-order valence-corrected chi connectivity index (χ4v) is 1.71. The molecule has 0 unspecified atom stereocenters. The largest absolute Gasteiger partial charge is 0.478 e. The van der Waals surface area contributed by atoms with Crippen molar-refractivity contribution in [2.75, 3.05) is 0 Å². The Labute approximate surface area is 112 Å². The Morgan fingerprint density at radius 3 is 2.42 bits per heavy atom. The molecule has 0 saturated carbocycles. The normalized spacial score (nSPS) is 10.2. The highest BCUT2D eigenvalue weighted by atomic mass is 35.5. The smallest absolute Gasteiger partial charge is 0.336 e. The molecule has 0 bridgehead atoms. The highest BCUT2D eigenvalue weighted by Gasteiger charge is 2.16. The molecule has 0 fully saturated rings. The number of benzene rings is 1. The van der Waals surface area contributed by atoms with E-state index in [9.17, 15) is 9.59 Å². The van der Waals surface area contributed by atoms with Crippen LogP contribution in [0.25, 0.3) is 11.3 Å². The highest BCUT2D eigenvalue weighted by Crippen LogP contribution is 2.24. The zero-order chi connectivity index (χ0) is 14.0. The molecule has 0 atom stereocenters. The first kappa shape index (κ1) is 13.0. The molecule has 0 aliphatic heterocycles. The molecular weight excluding hydrogens is 272 g/mol. The van der Waals surface area contributed by atoms with Crippen LogP contribution in [0.3, 0.4) is 0 Å². The number of hydrogen-bond acceptors (Lipinski definition) is 4. The van der Waals surface area contributed by atoms with Gasteiger partial charge in [-0.15, -0.1) is 0 Å². The monoisotopic (exact) mass is 278 g/mol. The van der Waals surface area contributed by atoms with Gasteiger partial charge in [-0.25, -0.2) is 19.6 Å². The van der Waals surface area contributed by atoms with E-state index < -0.39 is 11.9 Å². The Bertz CT molecular complexity index is 673. The molecule has 7 heteroatoms. The molecule has 0 radical (unpaired) electrons. The number of carboxylic acids is 2. The minimum atomic E-state index is -1.24. The Kier molecular flexibility index (Phi) is 3.43. The molecule has 0 spiro atoms. The van der Waals surface area contributed by atoms with Crippen LogP contribution in [-0.4, -0.2) is 32.1 Å². The quantitative estimate of drug-likeness (QED) is 0.835. The minimum absolute atomic E-state index is 0.0175. The van der Waals surface area contributed by atoms with Gasteiger partial charge in [0.2, 0.25) is 5.28 Å². The van der Waals surface area contributed by atoms with Gasteiger partial charge in [0, 0.05) is 11.8 Å². The molecule has 1 aromatic carbocycles. The van der Waals surface area contributed by atoms with Crippen LogP contribution in [0.2, 0.25) is 5.28 Å². The zero-order valence-corrected chi connectivity index (χ0v) is 10.1. The summed E-state index contributed by atoms with van der Waals surface area (Å²) >= 11 is 5.64. The second-order valence-electron chi connectivity index (χ2n) is 3.58. The van der Waals surface area contributed by atoms with E-state index in [1.807, 2.05) is 0 Å². The van der Waals surface area contributed by atoms with E-state index >= 15 is 0 Å². The van der Waals surface area contributed by atoms with Gasteiger partial charge in [-0.1, -0.05) is 6.07 Å². The van der Waals surface area contributed by atoms with E-state index in [1.54, 1.807) is 0 Å². The van der Waals surface area contributed by atoms with Crippen molar-refractivity contribution in [3.05, 3.63) is 46.9 Å². The van der Waals surface area contributed by atoms with Crippen molar-refractivity contribution in [2.45, 2.75) is 0 Å². The fourth-order valence-electron chi connectivity index (χ4n) is 1.56. The summed E-state index contributed by atoms with van der Waals surface area (Å²) in [5.74, 6) is -2.44. The van der Waals surface area contributed by atoms with Gasteiger partial charge in [0.05, 0.1) is 16.8 Å². The fraction of sp³-hybridized carbons (Fsp3) is 0. The van der Waals surface area contributed by atoms with Crippen LogP contribution in [0.15, 0.2) is 30.5 Å². The lowest BCUT2D eigenvalue weighted by atomic mass is 10.0. The summed E-state index contributed by atoms with van der Waals surface area (Å²) in [4.78, 5) is 29.6. The van der Waals surface area contributed by atoms with Gasteiger partial charge in [-0.2, -0.15) is 0 Å². The maximum atomic E-state index is 11.2. The van der Waals surface area contributed by atoms with E-state index in [1.165, 1.54) is 24.4 Å². The SMILES string of the molecule is O=C(O)c1ccc(-c2ccnc(Cl)n2)c(C(=O)O)c1. The van der Waals surface area contributed by atoms with Crippen molar-refractivity contribution in [1.82, 2.24) is 9.97 Å². The third-order valence-electron chi connectivity index (χ3n) is 2.40. The van der Waals surface area contributed by atoms with Crippen molar-refractivity contribution in [1.29, 1.82) is 0 Å². The van der Waals surface area contributed by atoms with E-state index in [0.717, 1.165) is 6.07 Å². The minimum Gasteiger partial charge on any atom is -0.478 e. The van der Waals surface area contributed by atoms with Crippen molar-refractivity contribution < 1.29 is 19.8 Å². The van der Waals surface area contributed by atoms with Gasteiger partial charge in [0.1, 0.15) is 0 Å². The lowest BCUT2D eigenvalue weighted by Crippen LogP contribution is -2.05. The van der Waals surface area contributed by atoms with Gasteiger partial charge in [0.15, 0.2) is 0 Å². The molecule has 96 valence electrons. The molecule has 0 saturated heterocycles. The standard InChI is InChI=1S/C12H7ClN2O4/c13-12-14-4-3-9(15-12)7-2-1-6(10(16)17)5-8(7)11(18)19/h1-5H,(H,16,17)(H,18,19). The van der Waals surface area contributed by atoms with Gasteiger partial charge in [-0.05, 0) is 29.8 Å². The second-order valence-corrected chi connectivity index (χ2v) is 3.92. The molecule has 2 rings (SSSR count). The first-order valence-corrected chi connectivity index (χ1v) is 5.46. The van der Waals surface area contributed by atoms with E-state index in [-0.39, 0.29) is 22.0 Å². The van der Waals surface area contributed by atoms with E-state index in [2.05, 4.69) is 9.97 Å². The number of hydrogen-bond donors (Lipinski definition) is 2. The van der Waals surface area contributed by atoms with Crippen molar-refractivity contribution in [3.63, 3.8) is 0 Å². The number of halogens is 1. The van der Waals surface area contributed by atoms with E-state index in [4.69, 9.17) is 21.8 Å². The number of aromatic carboxylic acids is 2. The predicted octanol–water partition coefficient (Wildman–Crippen LogP) is 2.19.